The third-order valence-electron chi connectivity index (χ3n) is 3.92. The fourth-order valence-electron chi connectivity index (χ4n) is 2.66. The first-order valence-electron chi connectivity index (χ1n) is 7.01. The monoisotopic (exact) mass is 319 g/mol. The molecule has 3 atom stereocenters. The van der Waals surface area contributed by atoms with Gasteiger partial charge in [-0.3, -0.25) is 0 Å². The number of nitrogens with one attached hydrogen (secondary N) is 1. The molecule has 0 heterocycles. The molecule has 1 aromatic carbocycles. The van der Waals surface area contributed by atoms with Gasteiger partial charge in [0.2, 0.25) is 0 Å². The molecule has 0 radical (unpaired) electrons. The zero-order valence-corrected chi connectivity index (χ0v) is 12.7. The molecule has 21 heavy (non-hydrogen) atoms. The van der Waals surface area contributed by atoms with Crippen LogP contribution in [-0.2, 0) is 6.18 Å². The number of aliphatic hydroxyl groups is 1. The fraction of sp³-hybridized carbons (Fsp3) is 0.600. The zero-order chi connectivity index (χ0) is 15.5. The number of hydrogen-bond donors (Lipinski definition) is 2. The van der Waals surface area contributed by atoms with Crippen molar-refractivity contribution in [1.29, 1.82) is 0 Å². The number of alkyl halides is 3. The van der Waals surface area contributed by atoms with E-state index in [1.807, 2.05) is 11.8 Å². The van der Waals surface area contributed by atoms with Crippen LogP contribution in [0.15, 0.2) is 24.3 Å². The molecule has 1 saturated carbocycles. The van der Waals surface area contributed by atoms with Crippen LogP contribution in [-0.4, -0.2) is 29.2 Å². The van der Waals surface area contributed by atoms with E-state index in [-0.39, 0.29) is 6.54 Å². The summed E-state index contributed by atoms with van der Waals surface area (Å²) in [6.45, 7) is 0.285. The van der Waals surface area contributed by atoms with Gasteiger partial charge in [0.15, 0.2) is 0 Å². The SMILES string of the molecule is CSC1CCC(NCC(O)c2cccc(C(F)(F)F)c2)C1. The van der Waals surface area contributed by atoms with Crippen molar-refractivity contribution in [3.8, 4) is 0 Å². The van der Waals surface area contributed by atoms with E-state index in [1.54, 1.807) is 0 Å². The van der Waals surface area contributed by atoms with Gasteiger partial charge in [0.05, 0.1) is 11.7 Å². The minimum absolute atomic E-state index is 0.285. The maximum Gasteiger partial charge on any atom is 0.416 e. The molecular formula is C15H20F3NOS. The van der Waals surface area contributed by atoms with Crippen LogP contribution in [0.25, 0.3) is 0 Å². The van der Waals surface area contributed by atoms with Crippen molar-refractivity contribution in [1.82, 2.24) is 5.32 Å². The quantitative estimate of drug-likeness (QED) is 0.869. The maximum absolute atomic E-state index is 12.6. The highest BCUT2D eigenvalue weighted by Crippen LogP contribution is 2.31. The highest BCUT2D eigenvalue weighted by Gasteiger charge is 2.31. The summed E-state index contributed by atoms with van der Waals surface area (Å²) in [6.07, 6.45) is 0.0566. The van der Waals surface area contributed by atoms with Gasteiger partial charge < -0.3 is 10.4 Å². The highest BCUT2D eigenvalue weighted by atomic mass is 32.2. The summed E-state index contributed by atoms with van der Waals surface area (Å²) >= 11 is 1.84. The molecule has 0 aliphatic heterocycles. The van der Waals surface area contributed by atoms with Crippen molar-refractivity contribution >= 4 is 11.8 Å². The molecule has 6 heteroatoms. The molecule has 2 rings (SSSR count). The number of benzene rings is 1. The van der Waals surface area contributed by atoms with Gasteiger partial charge in [-0.15, -0.1) is 0 Å². The Hall–Kier alpha value is -0.720. The Balaban J connectivity index is 1.90. The molecule has 0 spiro atoms. The topological polar surface area (TPSA) is 32.3 Å². The van der Waals surface area contributed by atoms with Crippen LogP contribution in [0.4, 0.5) is 13.2 Å². The molecule has 0 bridgehead atoms. The maximum atomic E-state index is 12.6. The largest absolute Gasteiger partial charge is 0.416 e. The van der Waals surface area contributed by atoms with Crippen LogP contribution in [0.2, 0.25) is 0 Å². The number of aliphatic hydroxyl groups excluding tert-OH is 1. The summed E-state index contributed by atoms with van der Waals surface area (Å²) in [7, 11) is 0. The van der Waals surface area contributed by atoms with Crippen molar-refractivity contribution in [2.75, 3.05) is 12.8 Å². The summed E-state index contributed by atoms with van der Waals surface area (Å²) in [5.41, 5.74) is -0.417. The minimum atomic E-state index is -4.37. The fourth-order valence-corrected chi connectivity index (χ4v) is 3.45. The molecule has 0 amide bonds. The van der Waals surface area contributed by atoms with E-state index in [2.05, 4.69) is 11.6 Å². The van der Waals surface area contributed by atoms with Crippen molar-refractivity contribution in [2.45, 2.75) is 42.8 Å². The van der Waals surface area contributed by atoms with Crippen molar-refractivity contribution < 1.29 is 18.3 Å². The van der Waals surface area contributed by atoms with Crippen LogP contribution in [0.1, 0.15) is 36.5 Å². The van der Waals surface area contributed by atoms with Gasteiger partial charge in [0.1, 0.15) is 0 Å². The average Bonchev–Trinajstić information content (AvgIpc) is 2.92. The number of hydrogen-bond acceptors (Lipinski definition) is 3. The van der Waals surface area contributed by atoms with Crippen LogP contribution in [0.5, 0.6) is 0 Å². The van der Waals surface area contributed by atoms with Crippen LogP contribution in [0.3, 0.4) is 0 Å². The van der Waals surface area contributed by atoms with Gasteiger partial charge in [-0.25, -0.2) is 0 Å². The van der Waals surface area contributed by atoms with Crippen LogP contribution in [0, 0.1) is 0 Å². The van der Waals surface area contributed by atoms with Gasteiger partial charge in [0.25, 0.3) is 0 Å². The molecule has 1 aliphatic rings. The second-order valence-electron chi connectivity index (χ2n) is 5.41. The van der Waals surface area contributed by atoms with Gasteiger partial charge in [-0.1, -0.05) is 12.1 Å². The molecule has 3 unspecified atom stereocenters. The predicted molar refractivity (Wildman–Crippen MR) is 79.3 cm³/mol. The molecule has 1 fully saturated rings. The number of rotatable bonds is 5. The van der Waals surface area contributed by atoms with Crippen molar-refractivity contribution in [3.05, 3.63) is 35.4 Å². The molecular weight excluding hydrogens is 299 g/mol. The lowest BCUT2D eigenvalue weighted by atomic mass is 10.1. The average molecular weight is 319 g/mol. The lowest BCUT2D eigenvalue weighted by Crippen LogP contribution is -2.31. The summed E-state index contributed by atoms with van der Waals surface area (Å²) in [6, 6.07) is 5.25. The molecule has 0 aromatic heterocycles. The Bertz CT molecular complexity index is 466. The normalized spacial score (nSPS) is 24.2. The third-order valence-corrected chi connectivity index (χ3v) is 5.01. The van der Waals surface area contributed by atoms with Gasteiger partial charge >= 0.3 is 6.18 Å². The summed E-state index contributed by atoms with van der Waals surface area (Å²) in [5, 5.41) is 14.0. The summed E-state index contributed by atoms with van der Waals surface area (Å²) in [4.78, 5) is 0. The zero-order valence-electron chi connectivity index (χ0n) is 11.9. The number of thioether (sulfide) groups is 1. The second kappa shape index (κ2) is 7.03. The van der Waals surface area contributed by atoms with E-state index < -0.39 is 17.8 Å². The third kappa shape index (κ3) is 4.63. The molecule has 2 N–H and O–H groups in total. The molecule has 2 nitrogen and oxygen atoms in total. The van der Waals surface area contributed by atoms with Crippen molar-refractivity contribution in [2.24, 2.45) is 0 Å². The molecule has 1 aromatic rings. The first-order valence-corrected chi connectivity index (χ1v) is 8.30. The lowest BCUT2D eigenvalue weighted by Gasteiger charge is -2.18. The standard InChI is InChI=1S/C15H20F3NOS/c1-21-13-6-5-12(8-13)19-9-14(20)10-3-2-4-11(7-10)15(16,17)18/h2-4,7,12-14,19-20H,5-6,8-9H2,1H3. The first-order chi connectivity index (χ1) is 9.90. The summed E-state index contributed by atoms with van der Waals surface area (Å²) < 4.78 is 37.9. The second-order valence-corrected chi connectivity index (χ2v) is 6.55. The Kier molecular flexibility index (Phi) is 5.57. The lowest BCUT2D eigenvalue weighted by molar-refractivity contribution is -0.137. The van der Waals surface area contributed by atoms with E-state index in [0.717, 1.165) is 31.4 Å². The highest BCUT2D eigenvalue weighted by molar-refractivity contribution is 7.99. The molecule has 0 saturated heterocycles. The Morgan fingerprint density at radius 1 is 1.38 bits per heavy atom. The van der Waals surface area contributed by atoms with Gasteiger partial charge in [0, 0.05) is 17.8 Å². The van der Waals surface area contributed by atoms with E-state index in [9.17, 15) is 18.3 Å². The predicted octanol–water partition coefficient (Wildman–Crippen LogP) is 3.61. The van der Waals surface area contributed by atoms with Gasteiger partial charge in [-0.2, -0.15) is 24.9 Å². The van der Waals surface area contributed by atoms with Crippen molar-refractivity contribution in [3.63, 3.8) is 0 Å². The first kappa shape index (κ1) is 16.6. The van der Waals surface area contributed by atoms with Crippen LogP contribution >= 0.6 is 11.8 Å². The van der Waals surface area contributed by atoms with Gasteiger partial charge in [-0.05, 0) is 43.2 Å². The molecule has 1 aliphatic carbocycles. The Morgan fingerprint density at radius 3 is 2.76 bits per heavy atom. The van der Waals surface area contributed by atoms with E-state index in [1.165, 1.54) is 12.1 Å². The number of halogens is 3. The summed E-state index contributed by atoms with van der Waals surface area (Å²) in [5.74, 6) is 0. The van der Waals surface area contributed by atoms with E-state index in [4.69, 9.17) is 0 Å². The van der Waals surface area contributed by atoms with E-state index in [0.29, 0.717) is 16.9 Å². The minimum Gasteiger partial charge on any atom is -0.387 e. The Morgan fingerprint density at radius 2 is 2.14 bits per heavy atom. The molecule has 118 valence electrons. The van der Waals surface area contributed by atoms with E-state index >= 15 is 0 Å². The smallest absolute Gasteiger partial charge is 0.387 e. The Labute approximate surface area is 127 Å². The van der Waals surface area contributed by atoms with Crippen LogP contribution < -0.4 is 5.32 Å².